The van der Waals surface area contributed by atoms with Gasteiger partial charge in [0, 0.05) is 11.3 Å². The van der Waals surface area contributed by atoms with Crippen molar-refractivity contribution in [2.75, 3.05) is 15.6 Å². The molecule has 32 heavy (non-hydrogen) atoms. The van der Waals surface area contributed by atoms with Crippen LogP contribution in [0.4, 0.5) is 24.5 Å². The number of alkyl halides is 3. The van der Waals surface area contributed by atoms with E-state index in [2.05, 4.69) is 0 Å². The zero-order chi connectivity index (χ0) is 22.5. The van der Waals surface area contributed by atoms with Crippen molar-refractivity contribution in [3.63, 3.8) is 0 Å². The average molecular weight is 454 g/mol. The summed E-state index contributed by atoms with van der Waals surface area (Å²) < 4.78 is 40.1. The molecule has 0 radical (unpaired) electrons. The molecule has 2 amide bonds. The lowest BCUT2D eigenvalue weighted by atomic mass is 10.0. The van der Waals surface area contributed by atoms with Gasteiger partial charge >= 0.3 is 6.18 Å². The Kier molecular flexibility index (Phi) is 4.78. The molecular weight excluding hydrogens is 437 g/mol. The summed E-state index contributed by atoms with van der Waals surface area (Å²) in [5, 5.41) is 0. The molecule has 0 aliphatic carbocycles. The van der Waals surface area contributed by atoms with Crippen LogP contribution in [0.2, 0.25) is 0 Å². The highest BCUT2D eigenvalue weighted by atomic mass is 32.2. The molecule has 1 saturated heterocycles. The minimum absolute atomic E-state index is 0.00447. The van der Waals surface area contributed by atoms with E-state index in [9.17, 15) is 22.8 Å². The summed E-state index contributed by atoms with van der Waals surface area (Å²) in [5.41, 5.74) is 1.36. The number of anilines is 2. The first-order chi connectivity index (χ1) is 15.3. The molecular formula is C24H17F3N2O2S. The molecule has 2 aliphatic rings. The van der Waals surface area contributed by atoms with Gasteiger partial charge in [-0.05, 0) is 29.8 Å². The maximum atomic E-state index is 13.9. The number of amides is 2. The van der Waals surface area contributed by atoms with E-state index in [0.717, 1.165) is 29.5 Å². The lowest BCUT2D eigenvalue weighted by Gasteiger charge is -2.33. The molecule has 162 valence electrons. The van der Waals surface area contributed by atoms with Gasteiger partial charge in [-0.1, -0.05) is 54.6 Å². The van der Waals surface area contributed by atoms with Crippen LogP contribution in [-0.4, -0.2) is 17.6 Å². The van der Waals surface area contributed by atoms with Gasteiger partial charge in [0.1, 0.15) is 0 Å². The number of carbonyl (C=O) groups excluding carboxylic acids is 2. The van der Waals surface area contributed by atoms with E-state index in [-0.39, 0.29) is 17.3 Å². The van der Waals surface area contributed by atoms with E-state index >= 15 is 0 Å². The molecule has 3 aromatic rings. The number of hydrogen-bond acceptors (Lipinski definition) is 3. The average Bonchev–Trinajstić information content (AvgIpc) is 3.25. The predicted molar refractivity (Wildman–Crippen MR) is 117 cm³/mol. The standard InChI is InChI=1S/C24H17F3N2O2S/c25-24(26,27)17-9-6-10-18(13-17)29-21(30)15-32-23(29)19-11-4-5-12-20(19)28(22(23)31)14-16-7-2-1-3-8-16/h1-13H,14-15H2/t23-/m1/s1. The molecule has 1 atom stereocenters. The summed E-state index contributed by atoms with van der Waals surface area (Å²) in [6.07, 6.45) is -4.56. The molecule has 0 aromatic heterocycles. The highest BCUT2D eigenvalue weighted by Crippen LogP contribution is 2.56. The number of hydrogen-bond donors (Lipinski definition) is 0. The number of halogens is 3. The summed E-state index contributed by atoms with van der Waals surface area (Å²) in [4.78, 5) is 28.3. The lowest BCUT2D eigenvalue weighted by Crippen LogP contribution is -2.49. The van der Waals surface area contributed by atoms with Crippen LogP contribution >= 0.6 is 11.8 Å². The van der Waals surface area contributed by atoms with Gasteiger partial charge in [0.05, 0.1) is 23.5 Å². The van der Waals surface area contributed by atoms with Crippen LogP contribution < -0.4 is 9.80 Å². The summed E-state index contributed by atoms with van der Waals surface area (Å²) in [6.45, 7) is 0.295. The maximum Gasteiger partial charge on any atom is 0.416 e. The number of para-hydroxylation sites is 1. The number of carbonyl (C=O) groups is 2. The largest absolute Gasteiger partial charge is 0.416 e. The topological polar surface area (TPSA) is 40.6 Å². The molecule has 5 rings (SSSR count). The molecule has 2 heterocycles. The fourth-order valence-electron chi connectivity index (χ4n) is 4.30. The second-order valence-corrected chi connectivity index (χ2v) is 8.77. The van der Waals surface area contributed by atoms with Gasteiger partial charge in [0.2, 0.25) is 10.8 Å². The first-order valence-corrected chi connectivity index (χ1v) is 10.9. The summed E-state index contributed by atoms with van der Waals surface area (Å²) >= 11 is 1.15. The van der Waals surface area contributed by atoms with E-state index in [0.29, 0.717) is 17.8 Å². The number of rotatable bonds is 3. The minimum Gasteiger partial charge on any atom is -0.304 e. The summed E-state index contributed by atoms with van der Waals surface area (Å²) in [5.74, 6) is -0.745. The molecule has 1 spiro atoms. The Morgan fingerprint density at radius 2 is 1.62 bits per heavy atom. The normalized spacial score (nSPS) is 20.3. The highest BCUT2D eigenvalue weighted by Gasteiger charge is 2.61. The SMILES string of the molecule is O=C1CS[C@]2(C(=O)N(Cc3ccccc3)c3ccccc32)N1c1cccc(C(F)(F)F)c1. The third-order valence-electron chi connectivity index (χ3n) is 5.68. The molecule has 1 fully saturated rings. The van der Waals surface area contributed by atoms with Crippen LogP contribution in [0.1, 0.15) is 16.7 Å². The zero-order valence-electron chi connectivity index (χ0n) is 16.7. The van der Waals surface area contributed by atoms with Crippen molar-refractivity contribution < 1.29 is 22.8 Å². The Hall–Kier alpha value is -3.26. The van der Waals surface area contributed by atoms with Crippen molar-refractivity contribution in [2.45, 2.75) is 17.6 Å². The van der Waals surface area contributed by atoms with Crippen molar-refractivity contribution in [1.29, 1.82) is 0 Å². The van der Waals surface area contributed by atoms with Gasteiger partial charge in [0.25, 0.3) is 5.91 Å². The van der Waals surface area contributed by atoms with E-state index in [1.807, 2.05) is 30.3 Å². The molecule has 0 N–H and O–H groups in total. The molecule has 4 nitrogen and oxygen atoms in total. The third kappa shape index (κ3) is 3.09. The van der Waals surface area contributed by atoms with Crippen LogP contribution in [0.25, 0.3) is 0 Å². The number of benzene rings is 3. The second kappa shape index (κ2) is 7.41. The lowest BCUT2D eigenvalue weighted by molar-refractivity contribution is -0.137. The fraction of sp³-hybridized carbons (Fsp3) is 0.167. The van der Waals surface area contributed by atoms with Crippen molar-refractivity contribution in [1.82, 2.24) is 0 Å². The molecule has 8 heteroatoms. The number of thioether (sulfide) groups is 1. The first-order valence-electron chi connectivity index (χ1n) is 9.92. The van der Waals surface area contributed by atoms with E-state index in [1.54, 1.807) is 29.2 Å². The van der Waals surface area contributed by atoms with E-state index in [1.165, 1.54) is 17.0 Å². The van der Waals surface area contributed by atoms with Crippen LogP contribution in [-0.2, 0) is 27.2 Å². The highest BCUT2D eigenvalue weighted by molar-refractivity contribution is 8.02. The van der Waals surface area contributed by atoms with Crippen molar-refractivity contribution >= 4 is 35.0 Å². The second-order valence-electron chi connectivity index (χ2n) is 7.60. The first kappa shape index (κ1) is 20.6. The summed E-state index contributed by atoms with van der Waals surface area (Å²) in [6, 6.07) is 21.2. The van der Waals surface area contributed by atoms with Crippen LogP contribution in [0.3, 0.4) is 0 Å². The third-order valence-corrected chi connectivity index (χ3v) is 7.07. The van der Waals surface area contributed by atoms with Gasteiger partial charge in [-0.25, -0.2) is 0 Å². The van der Waals surface area contributed by atoms with Crippen LogP contribution in [0, 0.1) is 0 Å². The molecule has 0 unspecified atom stereocenters. The Morgan fingerprint density at radius 1 is 0.906 bits per heavy atom. The molecule has 0 bridgehead atoms. The van der Waals surface area contributed by atoms with Crippen LogP contribution in [0.5, 0.6) is 0 Å². The molecule has 2 aliphatic heterocycles. The van der Waals surface area contributed by atoms with Gasteiger partial charge in [-0.3, -0.25) is 14.5 Å². The van der Waals surface area contributed by atoms with Gasteiger partial charge < -0.3 is 4.90 Å². The van der Waals surface area contributed by atoms with Crippen molar-refractivity contribution in [3.8, 4) is 0 Å². The Balaban J connectivity index is 1.64. The Bertz CT molecular complexity index is 1220. The molecule has 0 saturated carbocycles. The Morgan fingerprint density at radius 3 is 2.38 bits per heavy atom. The minimum atomic E-state index is -4.56. The van der Waals surface area contributed by atoms with Gasteiger partial charge in [0.15, 0.2) is 0 Å². The quantitative estimate of drug-likeness (QED) is 0.547. The van der Waals surface area contributed by atoms with Crippen molar-refractivity contribution in [2.24, 2.45) is 0 Å². The van der Waals surface area contributed by atoms with Crippen molar-refractivity contribution in [3.05, 3.63) is 95.6 Å². The Labute approximate surface area is 186 Å². The van der Waals surface area contributed by atoms with E-state index < -0.39 is 22.5 Å². The maximum absolute atomic E-state index is 13.9. The number of fused-ring (bicyclic) bond motifs is 2. The molecule has 3 aromatic carbocycles. The van der Waals surface area contributed by atoms with Gasteiger partial charge in [-0.15, -0.1) is 11.8 Å². The smallest absolute Gasteiger partial charge is 0.304 e. The predicted octanol–water partition coefficient (Wildman–Crippen LogP) is 5.19. The van der Waals surface area contributed by atoms with E-state index in [4.69, 9.17) is 0 Å². The number of nitrogens with zero attached hydrogens (tertiary/aromatic N) is 2. The zero-order valence-corrected chi connectivity index (χ0v) is 17.5. The van der Waals surface area contributed by atoms with Crippen LogP contribution in [0.15, 0.2) is 78.9 Å². The summed E-state index contributed by atoms with van der Waals surface area (Å²) in [7, 11) is 0. The monoisotopic (exact) mass is 454 g/mol. The fourth-order valence-corrected chi connectivity index (χ4v) is 5.66. The van der Waals surface area contributed by atoms with Gasteiger partial charge in [-0.2, -0.15) is 13.2 Å².